The second-order valence-corrected chi connectivity index (χ2v) is 9.93. The van der Waals surface area contributed by atoms with E-state index in [1.54, 1.807) is 30.3 Å². The van der Waals surface area contributed by atoms with Crippen LogP contribution in [0.25, 0.3) is 60.1 Å². The molecule has 11 heteroatoms. The summed E-state index contributed by atoms with van der Waals surface area (Å²) < 4.78 is 1.45. The van der Waals surface area contributed by atoms with Gasteiger partial charge in [-0.2, -0.15) is 0 Å². The number of aromatic nitrogens is 2. The van der Waals surface area contributed by atoms with Crippen molar-refractivity contribution in [3.63, 3.8) is 0 Å². The highest BCUT2D eigenvalue weighted by Gasteiger charge is 2.27. The third-order valence-electron chi connectivity index (χ3n) is 7.77. The van der Waals surface area contributed by atoms with Crippen molar-refractivity contribution in [2.45, 2.75) is 0 Å². The van der Waals surface area contributed by atoms with Crippen molar-refractivity contribution in [3.8, 4) is 11.1 Å². The molecule has 0 aliphatic rings. The van der Waals surface area contributed by atoms with E-state index in [2.05, 4.69) is 4.98 Å². The van der Waals surface area contributed by atoms with Gasteiger partial charge >= 0.3 is 23.9 Å². The Morgan fingerprint density at radius 1 is 0.535 bits per heavy atom. The molecule has 5 aromatic carbocycles. The molecule has 0 spiro atoms. The summed E-state index contributed by atoms with van der Waals surface area (Å²) in [6.07, 6.45) is 0. The molecular formula is C32H16N2O9. The molecule has 43 heavy (non-hydrogen) atoms. The molecule has 4 N–H and O–H groups in total. The minimum Gasteiger partial charge on any atom is -0.478 e. The van der Waals surface area contributed by atoms with Crippen LogP contribution in [0.3, 0.4) is 0 Å². The Balaban J connectivity index is 1.74. The topological polar surface area (TPSA) is 184 Å². The number of pyridine rings is 1. The van der Waals surface area contributed by atoms with Gasteiger partial charge in [0.15, 0.2) is 0 Å². The number of aromatic carboxylic acids is 4. The smallest absolute Gasteiger partial charge is 0.336 e. The molecule has 0 fully saturated rings. The van der Waals surface area contributed by atoms with Crippen LogP contribution in [0.2, 0.25) is 0 Å². The molecule has 0 aliphatic heterocycles. The van der Waals surface area contributed by atoms with Gasteiger partial charge in [0.25, 0.3) is 5.56 Å². The molecule has 7 rings (SSSR count). The van der Waals surface area contributed by atoms with Gasteiger partial charge in [0.1, 0.15) is 5.65 Å². The highest BCUT2D eigenvalue weighted by atomic mass is 16.4. The lowest BCUT2D eigenvalue weighted by molar-refractivity contribution is 0.0681. The highest BCUT2D eigenvalue weighted by Crippen LogP contribution is 2.42. The molecular weight excluding hydrogens is 556 g/mol. The van der Waals surface area contributed by atoms with E-state index in [1.807, 2.05) is 0 Å². The molecule has 0 saturated carbocycles. The zero-order valence-electron chi connectivity index (χ0n) is 21.7. The number of carboxylic acid groups (broad SMARTS) is 4. The van der Waals surface area contributed by atoms with Crippen molar-refractivity contribution < 1.29 is 39.6 Å². The van der Waals surface area contributed by atoms with Gasteiger partial charge in [-0.05, 0) is 59.7 Å². The van der Waals surface area contributed by atoms with Gasteiger partial charge in [-0.1, -0.05) is 24.3 Å². The number of carbonyl (C=O) groups is 4. The van der Waals surface area contributed by atoms with E-state index in [4.69, 9.17) is 0 Å². The van der Waals surface area contributed by atoms with E-state index >= 15 is 0 Å². The summed E-state index contributed by atoms with van der Waals surface area (Å²) in [6, 6.07) is 17.5. The first-order valence-corrected chi connectivity index (χ1v) is 12.8. The number of hydrogen-bond acceptors (Lipinski definition) is 6. The predicted molar refractivity (Wildman–Crippen MR) is 156 cm³/mol. The van der Waals surface area contributed by atoms with Gasteiger partial charge in [-0.15, -0.1) is 0 Å². The maximum absolute atomic E-state index is 13.9. The first-order valence-electron chi connectivity index (χ1n) is 12.8. The number of nitrogens with zero attached hydrogens (tertiary/aromatic N) is 2. The van der Waals surface area contributed by atoms with Crippen molar-refractivity contribution in [2.75, 3.05) is 0 Å². The Bertz CT molecular complexity index is 2470. The van der Waals surface area contributed by atoms with Crippen LogP contribution in [0, 0.1) is 0 Å². The van der Waals surface area contributed by atoms with Crippen LogP contribution in [-0.2, 0) is 0 Å². The summed E-state index contributed by atoms with van der Waals surface area (Å²) in [4.78, 5) is 67.8. The predicted octanol–water partition coefficient (Wildman–Crippen LogP) is 5.20. The van der Waals surface area contributed by atoms with Gasteiger partial charge in [-0.3, -0.25) is 9.20 Å². The SMILES string of the molecule is O=C(O)c1ccc(C(=O)O)c2c(-c3ccc4c(=O)n5c6ccccc6nc5c5ccc(C(=O)O)c3c45)ccc(C(=O)O)c12. The van der Waals surface area contributed by atoms with Gasteiger partial charge in [0, 0.05) is 32.3 Å². The minimum atomic E-state index is -1.48. The summed E-state index contributed by atoms with van der Waals surface area (Å²) in [5.74, 6) is -5.73. The molecule has 0 radical (unpaired) electrons. The van der Waals surface area contributed by atoms with E-state index in [0.29, 0.717) is 22.1 Å². The molecule has 11 nitrogen and oxygen atoms in total. The second kappa shape index (κ2) is 8.82. The summed E-state index contributed by atoms with van der Waals surface area (Å²) in [6.45, 7) is 0. The maximum Gasteiger partial charge on any atom is 0.336 e. The van der Waals surface area contributed by atoms with Crippen molar-refractivity contribution in [2.24, 2.45) is 0 Å². The molecule has 0 bridgehead atoms. The molecule has 2 heterocycles. The summed E-state index contributed by atoms with van der Waals surface area (Å²) in [7, 11) is 0. The second-order valence-electron chi connectivity index (χ2n) is 9.93. The number of fused-ring (bicyclic) bond motifs is 5. The largest absolute Gasteiger partial charge is 0.478 e. The van der Waals surface area contributed by atoms with Crippen LogP contribution < -0.4 is 5.56 Å². The average molecular weight is 572 g/mol. The summed E-state index contributed by atoms with van der Waals surface area (Å²) in [5.41, 5.74) is -0.242. The van der Waals surface area contributed by atoms with E-state index in [-0.39, 0.29) is 49.2 Å². The number of benzene rings is 5. The first kappa shape index (κ1) is 25.6. The van der Waals surface area contributed by atoms with Crippen LogP contribution in [-0.4, -0.2) is 53.7 Å². The van der Waals surface area contributed by atoms with Gasteiger partial charge in [-0.25, -0.2) is 24.2 Å². The van der Waals surface area contributed by atoms with Crippen molar-refractivity contribution in [1.82, 2.24) is 9.38 Å². The van der Waals surface area contributed by atoms with Crippen molar-refractivity contribution in [3.05, 3.63) is 105 Å². The fourth-order valence-electron chi connectivity index (χ4n) is 6.05. The minimum absolute atomic E-state index is 0.0817. The average Bonchev–Trinajstić information content (AvgIpc) is 3.38. The lowest BCUT2D eigenvalue weighted by Crippen LogP contribution is -2.14. The zero-order chi connectivity index (χ0) is 30.3. The van der Waals surface area contributed by atoms with Gasteiger partial charge < -0.3 is 20.4 Å². The molecule has 0 atom stereocenters. The number of rotatable bonds is 5. The number of carboxylic acids is 4. The number of para-hydroxylation sites is 2. The van der Waals surface area contributed by atoms with Crippen LogP contribution in [0.4, 0.5) is 0 Å². The molecule has 7 aromatic rings. The molecule has 0 aliphatic carbocycles. The quantitative estimate of drug-likeness (QED) is 0.214. The monoisotopic (exact) mass is 572 g/mol. The van der Waals surface area contributed by atoms with E-state index in [1.165, 1.54) is 28.7 Å². The molecule has 2 aromatic heterocycles. The Labute approximate surface area is 238 Å². The van der Waals surface area contributed by atoms with Crippen LogP contribution in [0.15, 0.2) is 77.6 Å². The lowest BCUT2D eigenvalue weighted by Gasteiger charge is -2.18. The van der Waals surface area contributed by atoms with Crippen molar-refractivity contribution >= 4 is 72.9 Å². The summed E-state index contributed by atoms with van der Waals surface area (Å²) in [5, 5.41) is 40.6. The van der Waals surface area contributed by atoms with Gasteiger partial charge in [0.2, 0.25) is 0 Å². The Kier molecular flexibility index (Phi) is 5.25. The molecule has 0 amide bonds. The fraction of sp³-hybridized carbons (Fsp3) is 0. The lowest BCUT2D eigenvalue weighted by atomic mass is 9.85. The van der Waals surface area contributed by atoms with Crippen LogP contribution in [0.5, 0.6) is 0 Å². The summed E-state index contributed by atoms with van der Waals surface area (Å²) >= 11 is 0. The Morgan fingerprint density at radius 3 is 1.60 bits per heavy atom. The molecule has 208 valence electrons. The van der Waals surface area contributed by atoms with E-state index < -0.39 is 40.6 Å². The third-order valence-corrected chi connectivity index (χ3v) is 7.77. The molecule has 0 unspecified atom stereocenters. The maximum atomic E-state index is 13.9. The van der Waals surface area contributed by atoms with Crippen LogP contribution >= 0.6 is 0 Å². The van der Waals surface area contributed by atoms with E-state index in [9.17, 15) is 44.4 Å². The number of hydrogen-bond donors (Lipinski definition) is 4. The molecule has 0 saturated heterocycles. The Morgan fingerprint density at radius 2 is 1.00 bits per heavy atom. The van der Waals surface area contributed by atoms with E-state index in [0.717, 1.165) is 18.2 Å². The van der Waals surface area contributed by atoms with Gasteiger partial charge in [0.05, 0.1) is 33.3 Å². The normalized spacial score (nSPS) is 11.6. The Hall–Kier alpha value is -6.36. The third kappa shape index (κ3) is 3.42. The first-order chi connectivity index (χ1) is 20.6. The number of imidazole rings is 1. The highest BCUT2D eigenvalue weighted by molar-refractivity contribution is 6.27. The fourth-order valence-corrected chi connectivity index (χ4v) is 6.05. The van der Waals surface area contributed by atoms with Crippen LogP contribution in [0.1, 0.15) is 41.4 Å². The van der Waals surface area contributed by atoms with Crippen molar-refractivity contribution in [1.29, 1.82) is 0 Å². The zero-order valence-corrected chi connectivity index (χ0v) is 21.7. The standard InChI is InChI=1S/C32H16N2O9/c35-28-16-8-5-13(14-6-9-19(31(40)41)26-20(32(42)43)12-11-18(24(14)26)30(38)39)23-17(29(36)37)10-7-15(25(16)23)27-33-21-3-1-2-4-22(21)34(27)28/h1-12H,(H,36,37)(H,38,39)(H,40,41)(H,42,43).